The molecule has 1 aliphatic rings. The van der Waals surface area contributed by atoms with Crippen LogP contribution in [-0.2, 0) is 14.3 Å². The Kier molecular flexibility index (Phi) is 6.12. The monoisotopic (exact) mass is 256 g/mol. The minimum Gasteiger partial charge on any atom is -0.469 e. The first-order chi connectivity index (χ1) is 8.52. The van der Waals surface area contributed by atoms with E-state index in [1.54, 1.807) is 0 Å². The maximum absolute atomic E-state index is 11.8. The van der Waals surface area contributed by atoms with Crippen LogP contribution in [0.1, 0.15) is 39.5 Å². The number of carbonyl (C=O) groups excluding carboxylic acids is 2. The molecule has 0 radical (unpaired) electrons. The molecule has 0 spiro atoms. The Morgan fingerprint density at radius 2 is 2.11 bits per heavy atom. The number of ether oxygens (including phenoxy) is 1. The molecule has 1 rings (SSSR count). The summed E-state index contributed by atoms with van der Waals surface area (Å²) >= 11 is 0. The van der Waals surface area contributed by atoms with Gasteiger partial charge in [-0.05, 0) is 33.2 Å². The fraction of sp³-hybridized carbons (Fsp3) is 0.846. The molecule has 1 aliphatic heterocycles. The van der Waals surface area contributed by atoms with Gasteiger partial charge in [0.25, 0.3) is 0 Å². The third kappa shape index (κ3) is 5.04. The molecule has 18 heavy (non-hydrogen) atoms. The minimum atomic E-state index is -0.198. The highest BCUT2D eigenvalue weighted by molar-refractivity contribution is 5.78. The summed E-state index contributed by atoms with van der Waals surface area (Å²) < 4.78 is 4.70. The van der Waals surface area contributed by atoms with Gasteiger partial charge in [-0.2, -0.15) is 0 Å². The Morgan fingerprint density at radius 1 is 1.39 bits per heavy atom. The van der Waals surface area contributed by atoms with Crippen molar-refractivity contribution in [1.29, 1.82) is 0 Å². The van der Waals surface area contributed by atoms with Crippen molar-refractivity contribution in [3.63, 3.8) is 0 Å². The van der Waals surface area contributed by atoms with Crippen LogP contribution in [0.2, 0.25) is 0 Å². The zero-order valence-electron chi connectivity index (χ0n) is 11.6. The summed E-state index contributed by atoms with van der Waals surface area (Å²) in [6.07, 6.45) is 3.55. The van der Waals surface area contributed by atoms with E-state index in [0.29, 0.717) is 13.0 Å². The summed E-state index contributed by atoms with van der Waals surface area (Å²) in [7, 11) is 1.40. The number of rotatable bonds is 5. The Balaban J connectivity index is 2.48. The van der Waals surface area contributed by atoms with Crippen molar-refractivity contribution in [2.45, 2.75) is 51.6 Å². The maximum Gasteiger partial charge on any atom is 0.307 e. The molecule has 0 aliphatic carbocycles. The second-order valence-electron chi connectivity index (χ2n) is 5.12. The molecule has 5 nitrogen and oxygen atoms in total. The lowest BCUT2D eigenvalue weighted by Gasteiger charge is -2.34. The summed E-state index contributed by atoms with van der Waals surface area (Å²) in [5.74, 6) is -0.169. The molecule has 1 fully saturated rings. The van der Waals surface area contributed by atoms with Gasteiger partial charge >= 0.3 is 5.97 Å². The van der Waals surface area contributed by atoms with Gasteiger partial charge in [-0.25, -0.2) is 0 Å². The Hall–Kier alpha value is -1.10. The lowest BCUT2D eigenvalue weighted by Crippen LogP contribution is -2.47. The first kappa shape index (κ1) is 15.0. The number of nitrogens with one attached hydrogen (secondary N) is 1. The zero-order chi connectivity index (χ0) is 13.5. The SMILES string of the molecule is COC(=O)CC1CCCCN1CC(=O)NC(C)C. The van der Waals surface area contributed by atoms with E-state index in [0.717, 1.165) is 25.8 Å². The topological polar surface area (TPSA) is 58.6 Å². The van der Waals surface area contributed by atoms with Gasteiger partial charge in [0.15, 0.2) is 0 Å². The number of hydrogen-bond acceptors (Lipinski definition) is 4. The molecule has 0 aromatic heterocycles. The van der Waals surface area contributed by atoms with Crippen molar-refractivity contribution in [1.82, 2.24) is 10.2 Å². The van der Waals surface area contributed by atoms with Crippen LogP contribution in [0.5, 0.6) is 0 Å². The predicted molar refractivity (Wildman–Crippen MR) is 69.1 cm³/mol. The van der Waals surface area contributed by atoms with Crippen molar-refractivity contribution in [3.05, 3.63) is 0 Å². The molecule has 104 valence electrons. The van der Waals surface area contributed by atoms with E-state index < -0.39 is 0 Å². The third-order valence-electron chi connectivity index (χ3n) is 3.18. The van der Waals surface area contributed by atoms with Crippen LogP contribution in [0.15, 0.2) is 0 Å². The van der Waals surface area contributed by atoms with Gasteiger partial charge in [0.2, 0.25) is 5.91 Å². The number of esters is 1. The van der Waals surface area contributed by atoms with E-state index in [-0.39, 0.29) is 24.0 Å². The van der Waals surface area contributed by atoms with Gasteiger partial charge in [-0.3, -0.25) is 14.5 Å². The molecule has 0 aromatic rings. The summed E-state index contributed by atoms with van der Waals surface area (Å²) in [4.78, 5) is 25.2. The van der Waals surface area contributed by atoms with Crippen molar-refractivity contribution >= 4 is 11.9 Å². The fourth-order valence-corrected chi connectivity index (χ4v) is 2.33. The molecule has 1 N–H and O–H groups in total. The molecule has 0 bridgehead atoms. The van der Waals surface area contributed by atoms with Crippen LogP contribution in [0, 0.1) is 0 Å². The van der Waals surface area contributed by atoms with E-state index in [2.05, 4.69) is 10.2 Å². The van der Waals surface area contributed by atoms with Gasteiger partial charge < -0.3 is 10.1 Å². The smallest absolute Gasteiger partial charge is 0.307 e. The van der Waals surface area contributed by atoms with E-state index in [4.69, 9.17) is 4.74 Å². The molecule has 1 amide bonds. The molecule has 0 aromatic carbocycles. The third-order valence-corrected chi connectivity index (χ3v) is 3.18. The molecule has 1 unspecified atom stereocenters. The lowest BCUT2D eigenvalue weighted by atomic mass is 9.99. The highest BCUT2D eigenvalue weighted by Crippen LogP contribution is 2.19. The average Bonchev–Trinajstić information content (AvgIpc) is 2.30. The second-order valence-corrected chi connectivity index (χ2v) is 5.12. The largest absolute Gasteiger partial charge is 0.469 e. The standard InChI is InChI=1S/C13H24N2O3/c1-10(2)14-12(16)9-15-7-5-4-6-11(15)8-13(17)18-3/h10-11H,4-9H2,1-3H3,(H,14,16). The molecule has 1 saturated heterocycles. The van der Waals surface area contributed by atoms with E-state index in [1.807, 2.05) is 13.8 Å². The first-order valence-electron chi connectivity index (χ1n) is 6.63. The quantitative estimate of drug-likeness (QED) is 0.743. The number of likely N-dealkylation sites (tertiary alicyclic amines) is 1. The van der Waals surface area contributed by atoms with Crippen LogP contribution in [-0.4, -0.2) is 49.1 Å². The van der Waals surface area contributed by atoms with Crippen molar-refractivity contribution in [2.24, 2.45) is 0 Å². The molecule has 1 heterocycles. The number of piperidine rings is 1. The fourth-order valence-electron chi connectivity index (χ4n) is 2.33. The van der Waals surface area contributed by atoms with E-state index in [1.165, 1.54) is 7.11 Å². The Labute approximate surface area is 109 Å². The van der Waals surface area contributed by atoms with Crippen LogP contribution in [0.25, 0.3) is 0 Å². The summed E-state index contributed by atoms with van der Waals surface area (Å²) in [6, 6.07) is 0.297. The molecular weight excluding hydrogens is 232 g/mol. The second kappa shape index (κ2) is 7.36. The number of carbonyl (C=O) groups is 2. The van der Waals surface area contributed by atoms with E-state index in [9.17, 15) is 9.59 Å². The maximum atomic E-state index is 11.8. The summed E-state index contributed by atoms with van der Waals surface area (Å²) in [5, 5.41) is 2.88. The Morgan fingerprint density at radius 3 is 2.72 bits per heavy atom. The van der Waals surface area contributed by atoms with Crippen molar-refractivity contribution < 1.29 is 14.3 Å². The van der Waals surface area contributed by atoms with Gasteiger partial charge in [0.1, 0.15) is 0 Å². The lowest BCUT2D eigenvalue weighted by molar-refractivity contribution is -0.143. The predicted octanol–water partition coefficient (Wildman–Crippen LogP) is 0.929. The van der Waals surface area contributed by atoms with E-state index >= 15 is 0 Å². The number of methoxy groups -OCH3 is 1. The number of nitrogens with zero attached hydrogens (tertiary/aromatic N) is 1. The van der Waals surface area contributed by atoms with Crippen LogP contribution < -0.4 is 5.32 Å². The first-order valence-corrected chi connectivity index (χ1v) is 6.63. The summed E-state index contributed by atoms with van der Waals surface area (Å²) in [5.41, 5.74) is 0. The Bertz CT molecular complexity index is 292. The number of hydrogen-bond donors (Lipinski definition) is 1. The minimum absolute atomic E-state index is 0.0294. The van der Waals surface area contributed by atoms with Gasteiger partial charge in [0.05, 0.1) is 20.1 Å². The average molecular weight is 256 g/mol. The summed E-state index contributed by atoms with van der Waals surface area (Å²) in [6.45, 7) is 5.15. The van der Waals surface area contributed by atoms with Crippen LogP contribution >= 0.6 is 0 Å². The number of amides is 1. The highest BCUT2D eigenvalue weighted by atomic mass is 16.5. The van der Waals surface area contributed by atoms with Gasteiger partial charge in [0, 0.05) is 12.1 Å². The molecule has 1 atom stereocenters. The van der Waals surface area contributed by atoms with Crippen molar-refractivity contribution in [3.8, 4) is 0 Å². The molecule has 5 heteroatoms. The highest BCUT2D eigenvalue weighted by Gasteiger charge is 2.26. The normalized spacial score (nSPS) is 20.8. The van der Waals surface area contributed by atoms with Crippen LogP contribution in [0.4, 0.5) is 0 Å². The van der Waals surface area contributed by atoms with Gasteiger partial charge in [-0.15, -0.1) is 0 Å². The van der Waals surface area contributed by atoms with Crippen LogP contribution in [0.3, 0.4) is 0 Å². The van der Waals surface area contributed by atoms with Crippen molar-refractivity contribution in [2.75, 3.05) is 20.2 Å². The van der Waals surface area contributed by atoms with Gasteiger partial charge in [-0.1, -0.05) is 6.42 Å². The zero-order valence-corrected chi connectivity index (χ0v) is 11.6. The molecule has 0 saturated carbocycles. The molecular formula is C13H24N2O3.